The predicted octanol–water partition coefficient (Wildman–Crippen LogP) is 2.37. The molecule has 0 saturated carbocycles. The first-order valence-electron chi connectivity index (χ1n) is 6.57. The molecule has 8 heteroatoms. The lowest BCUT2D eigenvalue weighted by molar-refractivity contribution is -0.182. The Labute approximate surface area is 121 Å². The largest absolute Gasteiger partial charge is 0.399 e. The van der Waals surface area contributed by atoms with Crippen LogP contribution in [0.25, 0.3) is 0 Å². The number of nitrogen functional groups attached to an aromatic ring is 1. The molecule has 1 fully saturated rings. The molecule has 1 aromatic rings. The van der Waals surface area contributed by atoms with Crippen LogP contribution in [-0.4, -0.2) is 32.0 Å². The van der Waals surface area contributed by atoms with Crippen LogP contribution in [0.15, 0.2) is 24.3 Å². The number of hydrogen-bond donors (Lipinski definition) is 1. The predicted molar refractivity (Wildman–Crippen MR) is 73.8 cm³/mol. The van der Waals surface area contributed by atoms with Gasteiger partial charge in [-0.3, -0.25) is 0 Å². The number of piperidine rings is 1. The number of sulfonamides is 1. The summed E-state index contributed by atoms with van der Waals surface area (Å²) >= 11 is 0. The SMILES string of the molecule is Nc1ccc(CS(=O)(=O)N2CCCC(C(F)(F)F)C2)cc1. The van der Waals surface area contributed by atoms with Gasteiger partial charge in [0, 0.05) is 18.8 Å². The molecule has 1 saturated heterocycles. The fraction of sp³-hybridized carbons (Fsp3) is 0.538. The van der Waals surface area contributed by atoms with E-state index in [0.29, 0.717) is 11.3 Å². The highest BCUT2D eigenvalue weighted by atomic mass is 32.2. The summed E-state index contributed by atoms with van der Waals surface area (Å²) in [7, 11) is -3.75. The van der Waals surface area contributed by atoms with Crippen LogP contribution in [-0.2, 0) is 15.8 Å². The van der Waals surface area contributed by atoms with E-state index < -0.39 is 28.7 Å². The molecule has 2 rings (SSSR count). The van der Waals surface area contributed by atoms with Crippen LogP contribution < -0.4 is 5.73 Å². The van der Waals surface area contributed by atoms with Crippen molar-refractivity contribution in [3.05, 3.63) is 29.8 Å². The standard InChI is InChI=1S/C13H17F3N2O2S/c14-13(15,16)11-2-1-7-18(8-11)21(19,20)9-10-3-5-12(17)6-4-10/h3-6,11H,1-2,7-9,17H2. The van der Waals surface area contributed by atoms with Gasteiger partial charge in [0.05, 0.1) is 11.7 Å². The minimum atomic E-state index is -4.35. The molecule has 1 aliphatic heterocycles. The second-order valence-electron chi connectivity index (χ2n) is 5.24. The van der Waals surface area contributed by atoms with Gasteiger partial charge in [0.1, 0.15) is 0 Å². The second kappa shape index (κ2) is 5.84. The van der Waals surface area contributed by atoms with E-state index >= 15 is 0 Å². The Balaban J connectivity index is 2.10. The average Bonchev–Trinajstić information content (AvgIpc) is 2.40. The van der Waals surface area contributed by atoms with Crippen molar-refractivity contribution in [3.63, 3.8) is 0 Å². The first kappa shape index (κ1) is 16.1. The summed E-state index contributed by atoms with van der Waals surface area (Å²) in [5.74, 6) is -1.88. The number of halogens is 3. The van der Waals surface area contributed by atoms with Gasteiger partial charge in [-0.25, -0.2) is 12.7 Å². The van der Waals surface area contributed by atoms with E-state index in [9.17, 15) is 21.6 Å². The first-order chi connectivity index (χ1) is 9.68. The Kier molecular flexibility index (Phi) is 4.48. The Bertz CT molecular complexity index is 584. The van der Waals surface area contributed by atoms with Gasteiger partial charge < -0.3 is 5.73 Å². The van der Waals surface area contributed by atoms with Crippen molar-refractivity contribution < 1.29 is 21.6 Å². The molecule has 0 aliphatic carbocycles. The van der Waals surface area contributed by atoms with Gasteiger partial charge in [-0.2, -0.15) is 13.2 Å². The summed E-state index contributed by atoms with van der Waals surface area (Å²) in [5.41, 5.74) is 6.53. The molecule has 118 valence electrons. The Morgan fingerprint density at radius 1 is 1.24 bits per heavy atom. The van der Waals surface area contributed by atoms with Gasteiger partial charge in [-0.1, -0.05) is 12.1 Å². The van der Waals surface area contributed by atoms with Crippen molar-refractivity contribution in [2.75, 3.05) is 18.8 Å². The van der Waals surface area contributed by atoms with Crippen LogP contribution in [0.4, 0.5) is 18.9 Å². The quantitative estimate of drug-likeness (QED) is 0.869. The van der Waals surface area contributed by atoms with Crippen LogP contribution >= 0.6 is 0 Å². The van der Waals surface area contributed by atoms with Crippen molar-refractivity contribution in [1.82, 2.24) is 4.31 Å². The minimum absolute atomic E-state index is 0.0165. The molecule has 0 bridgehead atoms. The van der Waals surface area contributed by atoms with E-state index in [0.717, 1.165) is 4.31 Å². The summed E-state index contributed by atoms with van der Waals surface area (Å²) < 4.78 is 63.6. The van der Waals surface area contributed by atoms with E-state index in [-0.39, 0.29) is 25.1 Å². The van der Waals surface area contributed by atoms with Crippen LogP contribution in [0.5, 0.6) is 0 Å². The van der Waals surface area contributed by atoms with Crippen molar-refractivity contribution in [3.8, 4) is 0 Å². The molecule has 0 radical (unpaired) electrons. The van der Waals surface area contributed by atoms with E-state index in [4.69, 9.17) is 5.73 Å². The minimum Gasteiger partial charge on any atom is -0.399 e. The van der Waals surface area contributed by atoms with Crippen molar-refractivity contribution >= 4 is 15.7 Å². The lowest BCUT2D eigenvalue weighted by atomic mass is 9.99. The van der Waals surface area contributed by atoms with Gasteiger partial charge in [-0.05, 0) is 30.5 Å². The summed E-state index contributed by atoms with van der Waals surface area (Å²) in [4.78, 5) is 0. The zero-order valence-corrected chi connectivity index (χ0v) is 12.1. The molecular formula is C13H17F3N2O2S. The third-order valence-electron chi connectivity index (χ3n) is 3.57. The maximum atomic E-state index is 12.7. The summed E-state index contributed by atoms with van der Waals surface area (Å²) in [6.07, 6.45) is -4.14. The highest BCUT2D eigenvalue weighted by Crippen LogP contribution is 2.34. The second-order valence-corrected chi connectivity index (χ2v) is 7.21. The highest BCUT2D eigenvalue weighted by Gasteiger charge is 2.43. The Morgan fingerprint density at radius 2 is 1.86 bits per heavy atom. The van der Waals surface area contributed by atoms with Gasteiger partial charge in [-0.15, -0.1) is 0 Å². The van der Waals surface area contributed by atoms with E-state index in [2.05, 4.69) is 0 Å². The molecular weight excluding hydrogens is 305 g/mol. The van der Waals surface area contributed by atoms with Crippen LogP contribution in [0.2, 0.25) is 0 Å². The van der Waals surface area contributed by atoms with Crippen molar-refractivity contribution in [2.45, 2.75) is 24.8 Å². The zero-order chi connectivity index (χ0) is 15.7. The van der Waals surface area contributed by atoms with Crippen LogP contribution in [0.1, 0.15) is 18.4 Å². The third kappa shape index (κ3) is 4.10. The number of hydrogen-bond acceptors (Lipinski definition) is 3. The normalized spacial score (nSPS) is 21.4. The molecule has 1 heterocycles. The highest BCUT2D eigenvalue weighted by molar-refractivity contribution is 7.88. The van der Waals surface area contributed by atoms with Gasteiger partial charge in [0.25, 0.3) is 0 Å². The smallest absolute Gasteiger partial charge is 0.393 e. The van der Waals surface area contributed by atoms with Gasteiger partial charge in [0.15, 0.2) is 0 Å². The molecule has 2 N–H and O–H groups in total. The summed E-state index contributed by atoms with van der Waals surface area (Å²) in [5, 5.41) is 0. The monoisotopic (exact) mass is 322 g/mol. The lowest BCUT2D eigenvalue weighted by Crippen LogP contribution is -2.44. The maximum Gasteiger partial charge on any atom is 0.393 e. The molecule has 1 unspecified atom stereocenters. The number of nitrogens with zero attached hydrogens (tertiary/aromatic N) is 1. The molecule has 21 heavy (non-hydrogen) atoms. The van der Waals surface area contributed by atoms with Crippen molar-refractivity contribution in [2.24, 2.45) is 5.92 Å². The van der Waals surface area contributed by atoms with Crippen LogP contribution in [0, 0.1) is 5.92 Å². The molecule has 0 amide bonds. The number of alkyl halides is 3. The Hall–Kier alpha value is -1.28. The summed E-state index contributed by atoms with van der Waals surface area (Å²) in [6, 6.07) is 6.27. The van der Waals surface area contributed by atoms with Gasteiger partial charge in [0.2, 0.25) is 10.0 Å². The zero-order valence-electron chi connectivity index (χ0n) is 11.3. The first-order valence-corrected chi connectivity index (χ1v) is 8.18. The lowest BCUT2D eigenvalue weighted by Gasteiger charge is -2.32. The summed E-state index contributed by atoms with van der Waals surface area (Å²) in [6.45, 7) is -0.343. The topological polar surface area (TPSA) is 63.4 Å². The molecule has 0 aromatic heterocycles. The molecule has 1 atom stereocenters. The molecule has 4 nitrogen and oxygen atoms in total. The number of anilines is 1. The average molecular weight is 322 g/mol. The van der Waals surface area contributed by atoms with Crippen LogP contribution in [0.3, 0.4) is 0 Å². The number of benzene rings is 1. The Morgan fingerprint density at radius 3 is 2.43 bits per heavy atom. The molecule has 0 spiro atoms. The maximum absolute atomic E-state index is 12.7. The number of nitrogens with two attached hydrogens (primary N) is 1. The molecule has 1 aromatic carbocycles. The van der Waals surface area contributed by atoms with E-state index in [1.54, 1.807) is 24.3 Å². The van der Waals surface area contributed by atoms with Gasteiger partial charge >= 0.3 is 6.18 Å². The van der Waals surface area contributed by atoms with E-state index in [1.807, 2.05) is 0 Å². The van der Waals surface area contributed by atoms with Crippen molar-refractivity contribution in [1.29, 1.82) is 0 Å². The fourth-order valence-corrected chi connectivity index (χ4v) is 3.99. The third-order valence-corrected chi connectivity index (χ3v) is 5.39. The fourth-order valence-electron chi connectivity index (χ4n) is 2.38. The molecule has 1 aliphatic rings. The van der Waals surface area contributed by atoms with E-state index in [1.165, 1.54) is 0 Å². The number of rotatable bonds is 3.